The van der Waals surface area contributed by atoms with Crippen molar-refractivity contribution >= 4 is 33.3 Å². The van der Waals surface area contributed by atoms with Gasteiger partial charge in [0.1, 0.15) is 0 Å². The fourth-order valence-corrected chi connectivity index (χ4v) is 6.44. The molecule has 3 aliphatic carbocycles. The first-order valence-electron chi connectivity index (χ1n) is 11.0. The predicted molar refractivity (Wildman–Crippen MR) is 122 cm³/mol. The number of hydrogen-bond donors (Lipinski definition) is 2. The smallest absolute Gasteiger partial charge is 0.303 e. The summed E-state index contributed by atoms with van der Waals surface area (Å²) in [7, 11) is 0. The zero-order valence-electron chi connectivity index (χ0n) is 17.8. The van der Waals surface area contributed by atoms with Gasteiger partial charge in [0, 0.05) is 17.2 Å². The molecule has 2 bridgehead atoms. The topological polar surface area (TPSA) is 66.4 Å². The molecule has 2 N–H and O–H groups in total. The van der Waals surface area contributed by atoms with E-state index < -0.39 is 5.97 Å². The van der Waals surface area contributed by atoms with Gasteiger partial charge in [-0.25, -0.2) is 0 Å². The van der Waals surface area contributed by atoms with Crippen LogP contribution in [0.25, 0.3) is 10.1 Å². The van der Waals surface area contributed by atoms with Gasteiger partial charge in [-0.3, -0.25) is 9.59 Å². The molecule has 1 aromatic carbocycles. The van der Waals surface area contributed by atoms with Crippen molar-refractivity contribution < 1.29 is 14.7 Å². The summed E-state index contributed by atoms with van der Waals surface area (Å²) >= 11 is 1.63. The zero-order valence-corrected chi connectivity index (χ0v) is 18.6. The lowest BCUT2D eigenvalue weighted by atomic mass is 9.44. The number of aliphatic carboxylic acids is 1. The third-order valence-electron chi connectivity index (χ3n) is 7.46. The minimum Gasteiger partial charge on any atom is -0.481 e. The molecular formula is C25H31NO3S. The van der Waals surface area contributed by atoms with E-state index in [1.807, 2.05) is 17.5 Å². The number of carboxylic acid groups (broad SMARTS) is 1. The maximum absolute atomic E-state index is 13.2. The van der Waals surface area contributed by atoms with Crippen molar-refractivity contribution in [2.45, 2.75) is 58.4 Å². The van der Waals surface area contributed by atoms with E-state index in [0.717, 1.165) is 40.8 Å². The number of nitrogens with one attached hydrogen (secondary N) is 1. The Bertz CT molecular complexity index is 960. The van der Waals surface area contributed by atoms with Crippen molar-refractivity contribution in [3.63, 3.8) is 0 Å². The molecule has 3 aliphatic rings. The van der Waals surface area contributed by atoms with E-state index in [2.05, 4.69) is 43.4 Å². The second-order valence-electron chi connectivity index (χ2n) is 9.49. The van der Waals surface area contributed by atoms with Gasteiger partial charge in [-0.1, -0.05) is 38.1 Å². The molecule has 4 atom stereocenters. The number of thiophene rings is 1. The van der Waals surface area contributed by atoms with Crippen LogP contribution in [-0.2, 0) is 4.79 Å². The number of carbonyl (C=O) groups excluding carboxylic acids is 1. The number of rotatable bonds is 8. The number of amides is 1. The molecule has 1 amide bonds. The summed E-state index contributed by atoms with van der Waals surface area (Å²) in [5.74, 6) is 1.02. The SMILES string of the molecule is CC1(C)[C@H]2C[C@H](CC=CCCCC(=O)O)C(NC(=O)c3cccc4ccsc34)[C@@H]1C2. The first-order chi connectivity index (χ1) is 14.4. The summed E-state index contributed by atoms with van der Waals surface area (Å²) in [5.41, 5.74) is 1.07. The third kappa shape index (κ3) is 4.04. The molecule has 1 heterocycles. The molecular weight excluding hydrogens is 394 g/mol. The number of unbranched alkanes of at least 4 members (excludes halogenated alkanes) is 1. The minimum atomic E-state index is -0.735. The summed E-state index contributed by atoms with van der Waals surface area (Å²) in [4.78, 5) is 23.9. The van der Waals surface area contributed by atoms with Crippen molar-refractivity contribution in [1.29, 1.82) is 0 Å². The first-order valence-corrected chi connectivity index (χ1v) is 11.9. The Hall–Kier alpha value is -2.14. The van der Waals surface area contributed by atoms with Gasteiger partial charge in [-0.2, -0.15) is 0 Å². The Labute approximate surface area is 182 Å². The largest absolute Gasteiger partial charge is 0.481 e. The Kier molecular flexibility index (Phi) is 6.01. The Morgan fingerprint density at radius 1 is 1.23 bits per heavy atom. The highest BCUT2D eigenvalue weighted by molar-refractivity contribution is 7.17. The fourth-order valence-electron chi connectivity index (χ4n) is 5.53. The van der Waals surface area contributed by atoms with Crippen molar-refractivity contribution in [3.8, 4) is 0 Å². The standard InChI is InChI=1S/C25H31NO3S/c1-25(2)18-14-17(8-5-3-4-6-11-21(27)28)22(20(25)15-18)26-24(29)19-10-7-9-16-12-13-30-23(16)19/h3,5,7,9-10,12-13,17-18,20,22H,4,6,8,11,14-15H2,1-2H3,(H,26,29)(H,27,28)/t17-,18-,20-,22?/m0/s1. The number of hydrogen-bond acceptors (Lipinski definition) is 3. The van der Waals surface area contributed by atoms with Gasteiger partial charge >= 0.3 is 5.97 Å². The third-order valence-corrected chi connectivity index (χ3v) is 8.43. The predicted octanol–water partition coefficient (Wildman–Crippen LogP) is 5.88. The van der Waals surface area contributed by atoms with Crippen LogP contribution in [0.2, 0.25) is 0 Å². The molecule has 1 unspecified atom stereocenters. The van der Waals surface area contributed by atoms with Crippen LogP contribution in [0, 0.1) is 23.2 Å². The maximum atomic E-state index is 13.2. The van der Waals surface area contributed by atoms with Crippen molar-refractivity contribution in [1.82, 2.24) is 5.32 Å². The van der Waals surface area contributed by atoms with Gasteiger partial charge in [0.25, 0.3) is 5.91 Å². The lowest BCUT2D eigenvalue weighted by Crippen LogP contribution is -2.63. The van der Waals surface area contributed by atoms with Gasteiger partial charge < -0.3 is 10.4 Å². The summed E-state index contributed by atoms with van der Waals surface area (Å²) in [6.07, 6.45) is 9.32. The normalized spacial score (nSPS) is 27.1. The number of carbonyl (C=O) groups is 2. The molecule has 5 rings (SSSR count). The Balaban J connectivity index is 1.45. The van der Waals surface area contributed by atoms with E-state index in [-0.39, 0.29) is 23.8 Å². The average molecular weight is 426 g/mol. The highest BCUT2D eigenvalue weighted by Crippen LogP contribution is 2.61. The van der Waals surface area contributed by atoms with Gasteiger partial charge in [0.05, 0.1) is 5.56 Å². The van der Waals surface area contributed by atoms with Crippen LogP contribution in [0.3, 0.4) is 0 Å². The molecule has 3 saturated carbocycles. The van der Waals surface area contributed by atoms with Crippen LogP contribution in [-0.4, -0.2) is 23.0 Å². The van der Waals surface area contributed by atoms with Crippen molar-refractivity contribution in [3.05, 3.63) is 47.4 Å². The molecule has 4 nitrogen and oxygen atoms in total. The van der Waals surface area contributed by atoms with E-state index in [1.54, 1.807) is 11.3 Å². The number of benzene rings is 1. The molecule has 5 heteroatoms. The Morgan fingerprint density at radius 2 is 2.07 bits per heavy atom. The van der Waals surface area contributed by atoms with Gasteiger partial charge in [-0.15, -0.1) is 11.3 Å². The van der Waals surface area contributed by atoms with Gasteiger partial charge in [0.2, 0.25) is 0 Å². The number of fused-ring (bicyclic) bond motifs is 3. The zero-order chi connectivity index (χ0) is 21.3. The molecule has 30 heavy (non-hydrogen) atoms. The molecule has 2 aromatic rings. The van der Waals surface area contributed by atoms with Crippen molar-refractivity contribution in [2.75, 3.05) is 0 Å². The quantitative estimate of drug-likeness (QED) is 0.410. The van der Waals surface area contributed by atoms with Crippen LogP contribution in [0.4, 0.5) is 0 Å². The fraction of sp³-hybridized carbons (Fsp3) is 0.520. The highest BCUT2D eigenvalue weighted by Gasteiger charge is 2.57. The second-order valence-corrected chi connectivity index (χ2v) is 10.4. The van der Waals surface area contributed by atoms with Gasteiger partial charge in [0.15, 0.2) is 0 Å². The van der Waals surface area contributed by atoms with Crippen LogP contribution >= 0.6 is 11.3 Å². The summed E-state index contributed by atoms with van der Waals surface area (Å²) in [5, 5.41) is 15.4. The van der Waals surface area contributed by atoms with E-state index >= 15 is 0 Å². The molecule has 3 fully saturated rings. The van der Waals surface area contributed by atoms with Crippen LogP contribution < -0.4 is 5.32 Å². The highest BCUT2D eigenvalue weighted by atomic mass is 32.1. The van der Waals surface area contributed by atoms with E-state index in [4.69, 9.17) is 5.11 Å². The monoisotopic (exact) mass is 425 g/mol. The average Bonchev–Trinajstić information content (AvgIpc) is 3.19. The number of carboxylic acids is 1. The van der Waals surface area contributed by atoms with Crippen molar-refractivity contribution in [2.24, 2.45) is 23.2 Å². The first kappa shape index (κ1) is 21.1. The maximum Gasteiger partial charge on any atom is 0.303 e. The molecule has 0 aliphatic heterocycles. The summed E-state index contributed by atoms with van der Waals surface area (Å²) in [6.45, 7) is 4.70. The molecule has 0 saturated heterocycles. The molecule has 1 aromatic heterocycles. The molecule has 0 spiro atoms. The summed E-state index contributed by atoms with van der Waals surface area (Å²) in [6, 6.07) is 8.21. The lowest BCUT2D eigenvalue weighted by Gasteiger charge is -2.62. The Morgan fingerprint density at radius 3 is 2.83 bits per heavy atom. The molecule has 160 valence electrons. The summed E-state index contributed by atoms with van der Waals surface area (Å²) < 4.78 is 1.06. The minimum absolute atomic E-state index is 0.0460. The lowest BCUT2D eigenvalue weighted by molar-refractivity contribution is -0.137. The number of allylic oxidation sites excluding steroid dienone is 2. The van der Waals surface area contributed by atoms with Crippen LogP contribution in [0.5, 0.6) is 0 Å². The van der Waals surface area contributed by atoms with Gasteiger partial charge in [-0.05, 0) is 78.2 Å². The molecule has 0 radical (unpaired) electrons. The van der Waals surface area contributed by atoms with Crippen LogP contribution in [0.15, 0.2) is 41.8 Å². The van der Waals surface area contributed by atoms with E-state index in [9.17, 15) is 9.59 Å². The van der Waals surface area contributed by atoms with Crippen LogP contribution in [0.1, 0.15) is 62.7 Å². The van der Waals surface area contributed by atoms with E-state index in [1.165, 1.54) is 6.42 Å². The van der Waals surface area contributed by atoms with E-state index in [0.29, 0.717) is 18.3 Å². The second kappa shape index (κ2) is 8.54.